The predicted molar refractivity (Wildman–Crippen MR) is 85.6 cm³/mol. The molecule has 1 N–H and O–H groups in total. The molecule has 4 rings (SSSR count). The highest BCUT2D eigenvalue weighted by atomic mass is 19.4. The summed E-state index contributed by atoms with van der Waals surface area (Å²) in [6.45, 7) is 0.580. The standard InChI is InChI=1S/C19H16F3NO2/c20-19(21,22)25-12-6-7-13-14(9-12)15-10-23-16(17(15)18(13)24)8-11-4-2-1-3-5-11/h1-7,9,15-17,23H,8,10H2. The normalized spacial score (nSPS) is 24.9. The Bertz CT molecular complexity index is 804. The van der Waals surface area contributed by atoms with E-state index in [0.717, 1.165) is 5.56 Å². The van der Waals surface area contributed by atoms with Gasteiger partial charge < -0.3 is 10.1 Å². The maximum atomic E-state index is 12.8. The number of carbonyl (C=O) groups is 1. The summed E-state index contributed by atoms with van der Waals surface area (Å²) in [4.78, 5) is 12.8. The van der Waals surface area contributed by atoms with E-state index in [2.05, 4.69) is 10.1 Å². The van der Waals surface area contributed by atoms with Crippen molar-refractivity contribution < 1.29 is 22.7 Å². The van der Waals surface area contributed by atoms with Crippen LogP contribution in [0.3, 0.4) is 0 Å². The van der Waals surface area contributed by atoms with Crippen molar-refractivity contribution in [2.24, 2.45) is 5.92 Å². The summed E-state index contributed by atoms with van der Waals surface area (Å²) >= 11 is 0. The molecule has 3 atom stereocenters. The molecule has 2 aliphatic rings. The van der Waals surface area contributed by atoms with E-state index in [1.54, 1.807) is 0 Å². The Morgan fingerprint density at radius 3 is 2.60 bits per heavy atom. The number of ether oxygens (including phenoxy) is 1. The number of rotatable bonds is 3. The number of ketones is 1. The van der Waals surface area contributed by atoms with Crippen LogP contribution in [0.15, 0.2) is 48.5 Å². The monoisotopic (exact) mass is 347 g/mol. The van der Waals surface area contributed by atoms with Gasteiger partial charge in [-0.2, -0.15) is 0 Å². The number of carbonyl (C=O) groups excluding carboxylic acids is 1. The van der Waals surface area contributed by atoms with E-state index >= 15 is 0 Å². The van der Waals surface area contributed by atoms with Crippen LogP contribution in [-0.2, 0) is 6.42 Å². The Balaban J connectivity index is 1.59. The second-order valence-corrected chi connectivity index (χ2v) is 6.50. The quantitative estimate of drug-likeness (QED) is 0.920. The number of halogens is 3. The van der Waals surface area contributed by atoms with Crippen LogP contribution in [0.1, 0.15) is 27.4 Å². The molecule has 3 nitrogen and oxygen atoms in total. The van der Waals surface area contributed by atoms with Crippen LogP contribution in [0.25, 0.3) is 0 Å². The van der Waals surface area contributed by atoms with Gasteiger partial charge in [0.15, 0.2) is 5.78 Å². The fourth-order valence-electron chi connectivity index (χ4n) is 4.00. The molecular formula is C19H16F3NO2. The minimum absolute atomic E-state index is 0.00416. The smallest absolute Gasteiger partial charge is 0.406 e. The van der Waals surface area contributed by atoms with Crippen LogP contribution in [-0.4, -0.2) is 24.7 Å². The van der Waals surface area contributed by atoms with Crippen LogP contribution >= 0.6 is 0 Å². The zero-order valence-corrected chi connectivity index (χ0v) is 13.2. The molecule has 2 aromatic rings. The summed E-state index contributed by atoms with van der Waals surface area (Å²) in [5.41, 5.74) is 2.30. The third kappa shape index (κ3) is 3.02. The van der Waals surface area contributed by atoms with E-state index in [-0.39, 0.29) is 29.4 Å². The molecule has 0 amide bonds. The Kier molecular flexibility index (Phi) is 3.80. The summed E-state index contributed by atoms with van der Waals surface area (Å²) in [5.74, 6) is -0.611. The van der Waals surface area contributed by atoms with Gasteiger partial charge in [0, 0.05) is 30.0 Å². The van der Waals surface area contributed by atoms with E-state index in [0.29, 0.717) is 24.1 Å². The van der Waals surface area contributed by atoms with Gasteiger partial charge >= 0.3 is 6.36 Å². The first kappa shape index (κ1) is 16.1. The number of hydrogen-bond donors (Lipinski definition) is 1. The third-order valence-corrected chi connectivity index (χ3v) is 4.99. The van der Waals surface area contributed by atoms with Gasteiger partial charge in [-0.05, 0) is 35.7 Å². The van der Waals surface area contributed by atoms with Gasteiger partial charge in [0.05, 0.1) is 0 Å². The lowest BCUT2D eigenvalue weighted by Gasteiger charge is -2.17. The lowest BCUT2D eigenvalue weighted by Crippen LogP contribution is -2.32. The van der Waals surface area contributed by atoms with Crippen molar-refractivity contribution in [3.8, 4) is 5.75 Å². The van der Waals surface area contributed by atoms with Gasteiger partial charge in [0.2, 0.25) is 0 Å². The van der Waals surface area contributed by atoms with Crippen LogP contribution < -0.4 is 10.1 Å². The molecule has 1 aliphatic carbocycles. The largest absolute Gasteiger partial charge is 0.573 e. The van der Waals surface area contributed by atoms with E-state index in [9.17, 15) is 18.0 Å². The molecule has 1 fully saturated rings. The maximum absolute atomic E-state index is 12.8. The van der Waals surface area contributed by atoms with Crippen molar-refractivity contribution in [2.45, 2.75) is 24.7 Å². The van der Waals surface area contributed by atoms with Crippen molar-refractivity contribution in [2.75, 3.05) is 6.54 Å². The van der Waals surface area contributed by atoms with Crippen LogP contribution in [0, 0.1) is 5.92 Å². The van der Waals surface area contributed by atoms with Crippen LogP contribution in [0.2, 0.25) is 0 Å². The summed E-state index contributed by atoms with van der Waals surface area (Å²) in [5, 5.41) is 3.36. The Hall–Kier alpha value is -2.34. The minimum atomic E-state index is -4.74. The van der Waals surface area contributed by atoms with Gasteiger partial charge in [-0.25, -0.2) is 0 Å². The van der Waals surface area contributed by atoms with Gasteiger partial charge in [0.25, 0.3) is 0 Å². The zero-order chi connectivity index (χ0) is 17.6. The van der Waals surface area contributed by atoms with Crippen molar-refractivity contribution >= 4 is 5.78 Å². The molecule has 0 radical (unpaired) electrons. The number of nitrogens with one attached hydrogen (secondary N) is 1. The summed E-state index contributed by atoms with van der Waals surface area (Å²) in [6, 6.07) is 13.9. The summed E-state index contributed by atoms with van der Waals surface area (Å²) in [7, 11) is 0. The number of Topliss-reactive ketones (excluding diaryl/α,β-unsaturated/α-hetero) is 1. The van der Waals surface area contributed by atoms with E-state index in [1.165, 1.54) is 18.2 Å². The van der Waals surface area contributed by atoms with E-state index in [1.807, 2.05) is 30.3 Å². The second kappa shape index (κ2) is 5.88. The number of fused-ring (bicyclic) bond motifs is 3. The molecule has 2 aromatic carbocycles. The SMILES string of the molecule is O=C1c2ccc(OC(F)(F)F)cc2C2CNC(Cc3ccccc3)C12. The zero-order valence-electron chi connectivity index (χ0n) is 13.2. The Morgan fingerprint density at radius 1 is 1.12 bits per heavy atom. The maximum Gasteiger partial charge on any atom is 0.573 e. The molecule has 1 aliphatic heterocycles. The van der Waals surface area contributed by atoms with Crippen molar-refractivity contribution in [3.05, 3.63) is 65.2 Å². The molecule has 130 valence electrons. The average Bonchev–Trinajstić information content (AvgIpc) is 3.08. The first-order valence-electron chi connectivity index (χ1n) is 8.13. The Morgan fingerprint density at radius 2 is 1.88 bits per heavy atom. The van der Waals surface area contributed by atoms with E-state index < -0.39 is 6.36 Å². The van der Waals surface area contributed by atoms with Gasteiger partial charge in [0.1, 0.15) is 5.75 Å². The number of benzene rings is 2. The van der Waals surface area contributed by atoms with Gasteiger partial charge in [-0.1, -0.05) is 30.3 Å². The van der Waals surface area contributed by atoms with Crippen molar-refractivity contribution in [1.82, 2.24) is 5.32 Å². The van der Waals surface area contributed by atoms with Crippen LogP contribution in [0.4, 0.5) is 13.2 Å². The summed E-state index contributed by atoms with van der Waals surface area (Å²) < 4.78 is 41.3. The van der Waals surface area contributed by atoms with Crippen molar-refractivity contribution in [3.63, 3.8) is 0 Å². The fourth-order valence-corrected chi connectivity index (χ4v) is 4.00. The predicted octanol–water partition coefficient (Wildman–Crippen LogP) is 3.70. The van der Waals surface area contributed by atoms with Gasteiger partial charge in [-0.15, -0.1) is 13.2 Å². The van der Waals surface area contributed by atoms with Crippen LogP contribution in [0.5, 0.6) is 5.75 Å². The highest BCUT2D eigenvalue weighted by Crippen LogP contribution is 2.45. The molecule has 3 unspecified atom stereocenters. The third-order valence-electron chi connectivity index (χ3n) is 4.99. The van der Waals surface area contributed by atoms with Crippen molar-refractivity contribution in [1.29, 1.82) is 0 Å². The van der Waals surface area contributed by atoms with E-state index in [4.69, 9.17) is 0 Å². The first-order valence-corrected chi connectivity index (χ1v) is 8.13. The molecule has 0 bridgehead atoms. The lowest BCUT2D eigenvalue weighted by atomic mass is 9.88. The molecule has 0 aromatic heterocycles. The number of alkyl halides is 3. The molecule has 6 heteroatoms. The second-order valence-electron chi connectivity index (χ2n) is 6.50. The molecule has 0 spiro atoms. The fraction of sp³-hybridized carbons (Fsp3) is 0.316. The highest BCUT2D eigenvalue weighted by Gasteiger charge is 2.48. The average molecular weight is 347 g/mol. The number of hydrogen-bond acceptors (Lipinski definition) is 3. The minimum Gasteiger partial charge on any atom is -0.406 e. The molecular weight excluding hydrogens is 331 g/mol. The molecule has 1 heterocycles. The molecule has 1 saturated heterocycles. The molecule has 25 heavy (non-hydrogen) atoms. The molecule has 0 saturated carbocycles. The summed E-state index contributed by atoms with van der Waals surface area (Å²) in [6.07, 6.45) is -4.02. The van der Waals surface area contributed by atoms with Gasteiger partial charge in [-0.3, -0.25) is 4.79 Å². The lowest BCUT2D eigenvalue weighted by molar-refractivity contribution is -0.274. The Labute approximate surface area is 142 Å². The highest BCUT2D eigenvalue weighted by molar-refractivity contribution is 6.04. The topological polar surface area (TPSA) is 38.3 Å². The first-order chi connectivity index (χ1) is 11.9.